The van der Waals surface area contributed by atoms with Gasteiger partial charge in [-0.1, -0.05) is 5.16 Å². The van der Waals surface area contributed by atoms with Crippen molar-refractivity contribution in [2.75, 3.05) is 17.6 Å². The third-order valence-electron chi connectivity index (χ3n) is 3.39. The smallest absolute Gasteiger partial charge is 0.260 e. The van der Waals surface area contributed by atoms with E-state index in [1.807, 2.05) is 0 Å². The molecule has 1 aliphatic rings. The number of nitrogen functional groups attached to an aromatic ring is 1. The van der Waals surface area contributed by atoms with Gasteiger partial charge in [0, 0.05) is 18.5 Å². The predicted molar refractivity (Wildman–Crippen MR) is 80.5 cm³/mol. The molecule has 1 aliphatic carbocycles. The summed E-state index contributed by atoms with van der Waals surface area (Å²) >= 11 is 1.33. The Morgan fingerprint density at radius 2 is 2.29 bits per heavy atom. The first-order valence-corrected chi connectivity index (χ1v) is 7.63. The molecule has 0 aromatic carbocycles. The van der Waals surface area contributed by atoms with Gasteiger partial charge in [-0.15, -0.1) is 11.3 Å². The first-order chi connectivity index (χ1) is 10.1. The Morgan fingerprint density at radius 3 is 2.86 bits per heavy atom. The number of hydrogen-bond acceptors (Lipinski definition) is 7. The Labute approximate surface area is 125 Å². The Morgan fingerprint density at radius 1 is 1.52 bits per heavy atom. The summed E-state index contributed by atoms with van der Waals surface area (Å²) < 4.78 is 5.06. The molecular weight excluding hydrogens is 290 g/mol. The van der Waals surface area contributed by atoms with Gasteiger partial charge in [-0.3, -0.25) is 4.79 Å². The maximum Gasteiger partial charge on any atom is 0.260 e. The Bertz CT molecular complexity index is 674. The van der Waals surface area contributed by atoms with Crippen molar-refractivity contribution in [1.82, 2.24) is 10.1 Å². The van der Waals surface area contributed by atoms with E-state index in [9.17, 15) is 4.79 Å². The highest BCUT2D eigenvalue weighted by Crippen LogP contribution is 2.50. The minimum absolute atomic E-state index is 0.438. The van der Waals surface area contributed by atoms with Gasteiger partial charge in [0.1, 0.15) is 4.88 Å². The normalized spacial score (nSPS) is 14.3. The first kappa shape index (κ1) is 13.9. The van der Waals surface area contributed by atoms with Crippen molar-refractivity contribution in [2.24, 2.45) is 5.73 Å². The highest BCUT2D eigenvalue weighted by atomic mass is 32.1. The number of carbonyl (C=O) groups excluding carboxylic acids is 1. The molecule has 2 aromatic rings. The average Bonchev–Trinajstić information content (AvgIpc) is 3.09. The zero-order chi connectivity index (χ0) is 15.0. The van der Waals surface area contributed by atoms with E-state index in [-0.39, 0.29) is 0 Å². The summed E-state index contributed by atoms with van der Waals surface area (Å²) in [6, 6.07) is 0. The molecule has 0 bridgehead atoms. The van der Waals surface area contributed by atoms with Crippen LogP contribution >= 0.6 is 11.3 Å². The third kappa shape index (κ3) is 2.85. The van der Waals surface area contributed by atoms with Gasteiger partial charge >= 0.3 is 0 Å². The molecule has 0 saturated heterocycles. The number of amides is 1. The van der Waals surface area contributed by atoms with Gasteiger partial charge < -0.3 is 21.3 Å². The van der Waals surface area contributed by atoms with Gasteiger partial charge in [0.25, 0.3) is 5.91 Å². The van der Waals surface area contributed by atoms with Crippen molar-refractivity contribution >= 4 is 27.9 Å². The van der Waals surface area contributed by atoms with Crippen molar-refractivity contribution in [3.8, 4) is 0 Å². The number of aryl methyl sites for hydroxylation is 1. The fourth-order valence-corrected chi connectivity index (χ4v) is 3.36. The molecule has 2 heterocycles. The largest absolute Gasteiger partial charge is 0.397 e. The van der Waals surface area contributed by atoms with E-state index < -0.39 is 5.91 Å². The molecule has 0 unspecified atom stereocenters. The number of hydrogen-bond donors (Lipinski definition) is 3. The zero-order valence-electron chi connectivity index (χ0n) is 11.7. The fraction of sp³-hybridized carbons (Fsp3) is 0.462. The molecule has 0 radical (unpaired) electrons. The molecule has 1 saturated carbocycles. The predicted octanol–water partition coefficient (Wildman–Crippen LogP) is 1.65. The van der Waals surface area contributed by atoms with Gasteiger partial charge in [-0.2, -0.15) is 4.98 Å². The summed E-state index contributed by atoms with van der Waals surface area (Å²) in [7, 11) is 0. The van der Waals surface area contributed by atoms with Gasteiger partial charge in [0.05, 0.1) is 10.7 Å². The van der Waals surface area contributed by atoms with Crippen LogP contribution in [0.1, 0.15) is 45.7 Å². The lowest BCUT2D eigenvalue weighted by Crippen LogP contribution is -2.11. The molecule has 5 N–H and O–H groups in total. The average molecular weight is 307 g/mol. The van der Waals surface area contributed by atoms with Crippen molar-refractivity contribution in [3.05, 3.63) is 22.2 Å². The molecule has 21 heavy (non-hydrogen) atoms. The second kappa shape index (κ2) is 5.36. The van der Waals surface area contributed by atoms with Crippen LogP contribution in [0.5, 0.6) is 0 Å². The van der Waals surface area contributed by atoms with E-state index in [2.05, 4.69) is 15.5 Å². The van der Waals surface area contributed by atoms with Crippen LogP contribution in [0.2, 0.25) is 0 Å². The van der Waals surface area contributed by atoms with E-state index in [0.29, 0.717) is 41.2 Å². The van der Waals surface area contributed by atoms with Crippen LogP contribution < -0.4 is 16.8 Å². The minimum Gasteiger partial charge on any atom is -0.397 e. The lowest BCUT2D eigenvalue weighted by atomic mass is 10.1. The molecule has 0 atom stereocenters. The van der Waals surface area contributed by atoms with E-state index >= 15 is 0 Å². The summed E-state index contributed by atoms with van der Waals surface area (Å²) in [4.78, 5) is 16.0. The monoisotopic (exact) mass is 307 g/mol. The Balaban J connectivity index is 1.72. The summed E-state index contributed by atoms with van der Waals surface area (Å²) in [6.07, 6.45) is 2.84. The molecule has 8 heteroatoms. The Kier molecular flexibility index (Phi) is 3.54. The zero-order valence-corrected chi connectivity index (χ0v) is 12.5. The van der Waals surface area contributed by atoms with Gasteiger partial charge in [0.2, 0.25) is 5.89 Å². The van der Waals surface area contributed by atoms with Crippen LogP contribution in [0.4, 0.5) is 10.7 Å². The molecule has 112 valence electrons. The number of aromatic nitrogens is 2. The highest BCUT2D eigenvalue weighted by molar-refractivity contribution is 7.18. The fourth-order valence-electron chi connectivity index (χ4n) is 2.27. The first-order valence-electron chi connectivity index (χ1n) is 6.81. The number of carbonyl (C=O) groups is 1. The minimum atomic E-state index is -0.472. The Hall–Kier alpha value is -2.09. The van der Waals surface area contributed by atoms with E-state index in [4.69, 9.17) is 16.0 Å². The number of thiophene rings is 1. The van der Waals surface area contributed by atoms with Crippen LogP contribution in [0, 0.1) is 6.92 Å². The molecule has 0 spiro atoms. The molecule has 2 aromatic heterocycles. The summed E-state index contributed by atoms with van der Waals surface area (Å²) in [5.74, 6) is 1.19. The molecule has 0 aliphatic heterocycles. The standard InChI is InChI=1S/C13H17N5O2S/c1-6-17-8(20-18-6)4-5-16-13-9(7-2-3-7)10(14)11(21-13)12(15)19/h7,16H,2-5,14H2,1H3,(H2,15,19). The van der Waals surface area contributed by atoms with Crippen molar-refractivity contribution < 1.29 is 9.32 Å². The number of nitrogens with two attached hydrogens (primary N) is 2. The molecule has 3 rings (SSSR count). The third-order valence-corrected chi connectivity index (χ3v) is 4.58. The molecule has 7 nitrogen and oxygen atoms in total. The topological polar surface area (TPSA) is 120 Å². The maximum atomic E-state index is 11.4. The summed E-state index contributed by atoms with van der Waals surface area (Å²) in [5.41, 5.74) is 13.0. The lowest BCUT2D eigenvalue weighted by Gasteiger charge is -2.05. The van der Waals surface area contributed by atoms with Crippen molar-refractivity contribution in [3.63, 3.8) is 0 Å². The van der Waals surface area contributed by atoms with Crippen LogP contribution in [0.3, 0.4) is 0 Å². The number of nitrogens with zero attached hydrogens (tertiary/aromatic N) is 2. The highest BCUT2D eigenvalue weighted by Gasteiger charge is 2.32. The van der Waals surface area contributed by atoms with Gasteiger partial charge in [0.15, 0.2) is 5.82 Å². The number of rotatable bonds is 6. The van der Waals surface area contributed by atoms with Crippen molar-refractivity contribution in [2.45, 2.75) is 32.1 Å². The molecule has 1 amide bonds. The second-order valence-corrected chi connectivity index (χ2v) is 6.16. The van der Waals surface area contributed by atoms with E-state index in [0.717, 1.165) is 23.4 Å². The molecular formula is C13H17N5O2S. The summed E-state index contributed by atoms with van der Waals surface area (Å²) in [5, 5.41) is 7.99. The van der Waals surface area contributed by atoms with E-state index in [1.165, 1.54) is 11.3 Å². The summed E-state index contributed by atoms with van der Waals surface area (Å²) in [6.45, 7) is 2.42. The number of anilines is 2. The lowest BCUT2D eigenvalue weighted by molar-refractivity contribution is 0.100. The van der Waals surface area contributed by atoms with Gasteiger partial charge in [-0.05, 0) is 25.7 Å². The number of primary amides is 1. The van der Waals surface area contributed by atoms with Crippen LogP contribution in [0.15, 0.2) is 4.52 Å². The van der Waals surface area contributed by atoms with Gasteiger partial charge in [-0.25, -0.2) is 0 Å². The maximum absolute atomic E-state index is 11.4. The quantitative estimate of drug-likeness (QED) is 0.746. The SMILES string of the molecule is Cc1noc(CCNc2sc(C(N)=O)c(N)c2C2CC2)n1. The molecule has 1 fully saturated rings. The number of nitrogens with one attached hydrogen (secondary N) is 1. The second-order valence-electron chi connectivity index (χ2n) is 5.14. The van der Waals surface area contributed by atoms with Crippen LogP contribution in [-0.2, 0) is 6.42 Å². The van der Waals surface area contributed by atoms with Crippen molar-refractivity contribution in [1.29, 1.82) is 0 Å². The van der Waals surface area contributed by atoms with Crippen LogP contribution in [-0.4, -0.2) is 22.6 Å². The van der Waals surface area contributed by atoms with E-state index in [1.54, 1.807) is 6.92 Å². The van der Waals surface area contributed by atoms with Crippen LogP contribution in [0.25, 0.3) is 0 Å².